The standard InChI is InChI=1S/C26H27N3O6S/c1-4-17-27-26(31)21-9-5-6-10-22(21)28-25(30)18-29(23-11-7-8-12-24(23)35-3)36(32,33)20-15-13-19(34-2)14-16-20/h4-16H,1,17-18H2,2-3H3,(H,27,31)(H,28,30). The molecule has 0 bridgehead atoms. The van der Waals surface area contributed by atoms with Crippen molar-refractivity contribution in [2.24, 2.45) is 0 Å². The fraction of sp³-hybridized carbons (Fsp3) is 0.154. The molecule has 3 rings (SSSR count). The van der Waals surface area contributed by atoms with Gasteiger partial charge in [0.15, 0.2) is 0 Å². The van der Waals surface area contributed by atoms with Gasteiger partial charge < -0.3 is 20.1 Å². The Morgan fingerprint density at radius 2 is 1.61 bits per heavy atom. The van der Waals surface area contributed by atoms with Crippen LogP contribution in [0.5, 0.6) is 11.5 Å². The molecule has 2 amide bonds. The van der Waals surface area contributed by atoms with Gasteiger partial charge in [-0.25, -0.2) is 8.42 Å². The molecule has 0 aromatic heterocycles. The number of carbonyl (C=O) groups excluding carboxylic acids is 2. The van der Waals surface area contributed by atoms with Crippen molar-refractivity contribution in [2.45, 2.75) is 4.90 Å². The zero-order valence-electron chi connectivity index (χ0n) is 19.9. The monoisotopic (exact) mass is 509 g/mol. The second kappa shape index (κ2) is 11.9. The van der Waals surface area contributed by atoms with Crippen molar-refractivity contribution in [1.82, 2.24) is 5.32 Å². The number of ether oxygens (including phenoxy) is 2. The van der Waals surface area contributed by atoms with Crippen LogP contribution < -0.4 is 24.4 Å². The molecule has 0 unspecified atom stereocenters. The predicted octanol–water partition coefficient (Wildman–Crippen LogP) is 3.45. The zero-order chi connectivity index (χ0) is 26.1. The van der Waals surface area contributed by atoms with Gasteiger partial charge >= 0.3 is 0 Å². The molecular weight excluding hydrogens is 482 g/mol. The van der Waals surface area contributed by atoms with Gasteiger partial charge in [0.1, 0.15) is 18.0 Å². The number of carbonyl (C=O) groups is 2. The topological polar surface area (TPSA) is 114 Å². The molecule has 0 aliphatic carbocycles. The van der Waals surface area contributed by atoms with Crippen LogP contribution in [0, 0.1) is 0 Å². The van der Waals surface area contributed by atoms with E-state index in [1.165, 1.54) is 44.6 Å². The van der Waals surface area contributed by atoms with Gasteiger partial charge in [0.2, 0.25) is 5.91 Å². The molecule has 0 radical (unpaired) electrons. The van der Waals surface area contributed by atoms with Gasteiger partial charge in [-0.05, 0) is 48.5 Å². The Morgan fingerprint density at radius 3 is 2.28 bits per heavy atom. The lowest BCUT2D eigenvalue weighted by Crippen LogP contribution is -2.38. The quantitative estimate of drug-likeness (QED) is 0.383. The summed E-state index contributed by atoms with van der Waals surface area (Å²) in [5.74, 6) is -0.298. The van der Waals surface area contributed by atoms with Crippen molar-refractivity contribution in [3.8, 4) is 11.5 Å². The normalized spacial score (nSPS) is 10.7. The van der Waals surface area contributed by atoms with Crippen molar-refractivity contribution in [3.05, 3.63) is 91.0 Å². The number of benzene rings is 3. The maximum Gasteiger partial charge on any atom is 0.264 e. The summed E-state index contributed by atoms with van der Waals surface area (Å²) in [6.45, 7) is 3.25. The maximum absolute atomic E-state index is 13.7. The molecule has 0 fully saturated rings. The SMILES string of the molecule is C=CCNC(=O)c1ccccc1NC(=O)CN(c1ccccc1OC)S(=O)(=O)c1ccc(OC)cc1. The van der Waals surface area contributed by atoms with Crippen LogP contribution in [-0.4, -0.2) is 47.5 Å². The second-order valence-electron chi connectivity index (χ2n) is 7.45. The average Bonchev–Trinajstić information content (AvgIpc) is 2.90. The smallest absolute Gasteiger partial charge is 0.264 e. The number of methoxy groups -OCH3 is 2. The van der Waals surface area contributed by atoms with Crippen LogP contribution in [0.25, 0.3) is 0 Å². The van der Waals surface area contributed by atoms with Gasteiger partial charge in [-0.15, -0.1) is 6.58 Å². The highest BCUT2D eigenvalue weighted by Crippen LogP contribution is 2.32. The predicted molar refractivity (Wildman–Crippen MR) is 138 cm³/mol. The van der Waals surface area contributed by atoms with E-state index in [0.717, 1.165) is 4.31 Å². The molecular formula is C26H27N3O6S. The van der Waals surface area contributed by atoms with Crippen molar-refractivity contribution in [3.63, 3.8) is 0 Å². The van der Waals surface area contributed by atoms with E-state index in [4.69, 9.17) is 9.47 Å². The summed E-state index contributed by atoms with van der Waals surface area (Å²) < 4.78 is 38.8. The van der Waals surface area contributed by atoms with Crippen LogP contribution in [0.15, 0.2) is 90.3 Å². The summed E-state index contributed by atoms with van der Waals surface area (Å²) in [7, 11) is -1.30. The van der Waals surface area contributed by atoms with Crippen molar-refractivity contribution >= 4 is 33.2 Å². The summed E-state index contributed by atoms with van der Waals surface area (Å²) in [4.78, 5) is 25.6. The molecule has 0 atom stereocenters. The summed E-state index contributed by atoms with van der Waals surface area (Å²) in [6.07, 6.45) is 1.54. The van der Waals surface area contributed by atoms with E-state index in [0.29, 0.717) is 5.75 Å². The van der Waals surface area contributed by atoms with Gasteiger partial charge in [0.25, 0.3) is 15.9 Å². The molecule has 0 aliphatic heterocycles. The van der Waals surface area contributed by atoms with Crippen LogP contribution in [0.1, 0.15) is 10.4 Å². The van der Waals surface area contributed by atoms with E-state index in [9.17, 15) is 18.0 Å². The molecule has 3 aromatic rings. The minimum Gasteiger partial charge on any atom is -0.497 e. The fourth-order valence-electron chi connectivity index (χ4n) is 3.38. The lowest BCUT2D eigenvalue weighted by atomic mass is 10.1. The molecule has 10 heteroatoms. The first-order valence-corrected chi connectivity index (χ1v) is 12.3. The molecule has 188 valence electrons. The third kappa shape index (κ3) is 6.02. The Morgan fingerprint density at radius 1 is 0.944 bits per heavy atom. The molecule has 0 spiro atoms. The van der Waals surface area contributed by atoms with E-state index in [-0.39, 0.29) is 34.1 Å². The minimum atomic E-state index is -4.19. The Bertz CT molecular complexity index is 1340. The van der Waals surface area contributed by atoms with E-state index in [1.807, 2.05) is 0 Å². The molecule has 3 aromatic carbocycles. The highest BCUT2D eigenvalue weighted by molar-refractivity contribution is 7.92. The van der Waals surface area contributed by atoms with Crippen molar-refractivity contribution < 1.29 is 27.5 Å². The van der Waals surface area contributed by atoms with Crippen molar-refractivity contribution in [1.29, 1.82) is 0 Å². The summed E-state index contributed by atoms with van der Waals surface area (Å²) in [6, 6.07) is 18.8. The molecule has 9 nitrogen and oxygen atoms in total. The number of anilines is 2. The lowest BCUT2D eigenvalue weighted by molar-refractivity contribution is -0.114. The number of para-hydroxylation sites is 3. The Balaban J connectivity index is 1.96. The minimum absolute atomic E-state index is 0.0359. The zero-order valence-corrected chi connectivity index (χ0v) is 20.7. The number of hydrogen-bond donors (Lipinski definition) is 2. The van der Waals surface area contributed by atoms with Crippen molar-refractivity contribution in [2.75, 3.05) is 36.9 Å². The van der Waals surface area contributed by atoms with Gasteiger partial charge in [0, 0.05) is 6.54 Å². The van der Waals surface area contributed by atoms with E-state index in [2.05, 4.69) is 17.2 Å². The molecule has 0 saturated carbocycles. The van der Waals surface area contributed by atoms with Gasteiger partial charge in [-0.2, -0.15) is 0 Å². The summed E-state index contributed by atoms with van der Waals surface area (Å²) >= 11 is 0. The summed E-state index contributed by atoms with van der Waals surface area (Å²) in [5, 5.41) is 5.31. The van der Waals surface area contributed by atoms with Gasteiger partial charge in [-0.3, -0.25) is 13.9 Å². The highest BCUT2D eigenvalue weighted by atomic mass is 32.2. The third-order valence-electron chi connectivity index (χ3n) is 5.14. The first-order chi connectivity index (χ1) is 17.3. The molecule has 0 saturated heterocycles. The van der Waals surface area contributed by atoms with E-state index in [1.54, 1.807) is 48.5 Å². The number of nitrogens with one attached hydrogen (secondary N) is 2. The van der Waals surface area contributed by atoms with E-state index < -0.39 is 28.4 Å². The molecule has 0 heterocycles. The number of hydrogen-bond acceptors (Lipinski definition) is 6. The lowest BCUT2D eigenvalue weighted by Gasteiger charge is -2.26. The Hall–Kier alpha value is -4.31. The fourth-order valence-corrected chi connectivity index (χ4v) is 4.81. The number of sulfonamides is 1. The largest absolute Gasteiger partial charge is 0.497 e. The van der Waals surface area contributed by atoms with Gasteiger partial charge in [0.05, 0.1) is 36.1 Å². The Labute approximate surface area is 210 Å². The molecule has 36 heavy (non-hydrogen) atoms. The van der Waals surface area contributed by atoms with Crippen LogP contribution in [0.4, 0.5) is 11.4 Å². The molecule has 0 aliphatic rings. The van der Waals surface area contributed by atoms with Gasteiger partial charge in [-0.1, -0.05) is 30.3 Å². The third-order valence-corrected chi connectivity index (χ3v) is 6.92. The second-order valence-corrected chi connectivity index (χ2v) is 9.31. The molecule has 2 N–H and O–H groups in total. The van der Waals surface area contributed by atoms with Crippen LogP contribution in [0.2, 0.25) is 0 Å². The highest BCUT2D eigenvalue weighted by Gasteiger charge is 2.29. The van der Waals surface area contributed by atoms with Crippen LogP contribution in [0.3, 0.4) is 0 Å². The number of nitrogens with zero attached hydrogens (tertiary/aromatic N) is 1. The number of amides is 2. The van der Waals surface area contributed by atoms with Crippen LogP contribution in [-0.2, 0) is 14.8 Å². The first kappa shape index (κ1) is 26.3. The first-order valence-electron chi connectivity index (χ1n) is 10.9. The Kier molecular flexibility index (Phi) is 8.69. The maximum atomic E-state index is 13.7. The number of rotatable bonds is 11. The average molecular weight is 510 g/mol. The summed E-state index contributed by atoms with van der Waals surface area (Å²) in [5.41, 5.74) is 0.656. The van der Waals surface area contributed by atoms with E-state index >= 15 is 0 Å². The van der Waals surface area contributed by atoms with Crippen LogP contribution >= 0.6 is 0 Å².